The molecule has 5 heteroatoms. The number of aliphatic hydroxyl groups excluding tert-OH is 1. The maximum atomic E-state index is 13.4. The molecule has 150 valence electrons. The molecule has 0 bridgehead atoms. The molecule has 2 aromatic rings. The molecule has 0 aliphatic heterocycles. The zero-order valence-corrected chi connectivity index (χ0v) is 18.6. The molecule has 1 saturated carbocycles. The van der Waals surface area contributed by atoms with E-state index < -0.39 is 15.8 Å². The van der Waals surface area contributed by atoms with Crippen LogP contribution in [-0.2, 0) is 9.73 Å². The Morgan fingerprint density at radius 1 is 1.07 bits per heavy atom. The maximum Gasteiger partial charge on any atom is 0.0963 e. The van der Waals surface area contributed by atoms with Crippen molar-refractivity contribution in [3.8, 4) is 0 Å². The minimum atomic E-state index is -2.64. The van der Waals surface area contributed by atoms with Crippen LogP contribution in [0, 0.1) is 11.8 Å². The Balaban J connectivity index is 1.93. The fourth-order valence-corrected chi connectivity index (χ4v) is 5.67. The number of rotatable bonds is 6. The van der Waals surface area contributed by atoms with Crippen LogP contribution in [0.15, 0.2) is 79.8 Å². The van der Waals surface area contributed by atoms with E-state index in [1.54, 1.807) is 12.5 Å². The van der Waals surface area contributed by atoms with Crippen molar-refractivity contribution in [2.75, 3.05) is 7.05 Å². The number of nitrogens with zero attached hydrogens (tertiary/aromatic N) is 1. The van der Waals surface area contributed by atoms with Crippen LogP contribution in [0.25, 0.3) is 0 Å². The molecule has 0 radical (unpaired) electrons. The quantitative estimate of drug-likeness (QED) is 0.544. The maximum absolute atomic E-state index is 13.4. The summed E-state index contributed by atoms with van der Waals surface area (Å²) in [7, 11) is -1.04. The van der Waals surface area contributed by atoms with Gasteiger partial charge in [0.1, 0.15) is 0 Å². The predicted molar refractivity (Wildman–Crippen MR) is 120 cm³/mol. The lowest BCUT2D eigenvalue weighted by Gasteiger charge is -2.32. The van der Waals surface area contributed by atoms with E-state index >= 15 is 0 Å². The molecule has 3 atom stereocenters. The van der Waals surface area contributed by atoms with E-state index in [2.05, 4.69) is 20.3 Å². The molecule has 0 amide bonds. The Labute approximate surface area is 177 Å². The van der Waals surface area contributed by atoms with Gasteiger partial charge in [0.15, 0.2) is 0 Å². The summed E-state index contributed by atoms with van der Waals surface area (Å²) < 4.78 is 18.6. The third kappa shape index (κ3) is 5.13. The number of benzene rings is 2. The van der Waals surface area contributed by atoms with Crippen molar-refractivity contribution in [3.63, 3.8) is 0 Å². The van der Waals surface area contributed by atoms with Gasteiger partial charge in [-0.25, -0.2) is 8.57 Å². The Morgan fingerprint density at radius 3 is 2.32 bits per heavy atom. The Bertz CT molecular complexity index is 896. The summed E-state index contributed by atoms with van der Waals surface area (Å²) in [5.74, 6) is 0.313. The normalized spacial score (nSPS) is 19.8. The van der Waals surface area contributed by atoms with Crippen molar-refractivity contribution in [2.45, 2.75) is 43.1 Å². The van der Waals surface area contributed by atoms with Gasteiger partial charge in [0.25, 0.3) is 0 Å². The highest BCUT2D eigenvalue weighted by molar-refractivity contribution is 9.10. The molecule has 0 saturated heterocycles. The molecule has 1 N–H and O–H groups in total. The van der Waals surface area contributed by atoms with Crippen molar-refractivity contribution in [3.05, 3.63) is 76.1 Å². The van der Waals surface area contributed by atoms with Crippen molar-refractivity contribution >= 4 is 25.7 Å². The van der Waals surface area contributed by atoms with E-state index in [0.29, 0.717) is 10.8 Å². The van der Waals surface area contributed by atoms with Crippen LogP contribution in [0.5, 0.6) is 0 Å². The van der Waals surface area contributed by atoms with Gasteiger partial charge in [0, 0.05) is 22.8 Å². The highest BCUT2D eigenvalue weighted by atomic mass is 79.9. The molecule has 1 aliphatic rings. The largest absolute Gasteiger partial charge is 0.388 e. The third-order valence-electron chi connectivity index (χ3n) is 5.61. The van der Waals surface area contributed by atoms with Gasteiger partial charge in [0.05, 0.1) is 20.7 Å². The first-order chi connectivity index (χ1) is 13.5. The average molecular weight is 462 g/mol. The molecule has 0 heterocycles. The summed E-state index contributed by atoms with van der Waals surface area (Å²) in [6.07, 6.45) is 7.17. The lowest BCUT2D eigenvalue weighted by atomic mass is 9.76. The minimum Gasteiger partial charge on any atom is -0.388 e. The van der Waals surface area contributed by atoms with Crippen molar-refractivity contribution < 1.29 is 9.32 Å². The average Bonchev–Trinajstić information content (AvgIpc) is 2.75. The standard InChI is InChI=1S/C23H28BrNO2S/c1-25-28(27,21-10-6-3-7-11-21)17-16-22(18-8-4-2-5-9-18)23(26)19-12-14-20(24)15-13-19/h3,6-7,10-18,22-23,26H,2,4-5,8-9H2,1H3/b17-16-/t22-,23+,28?/m1/s1. The monoisotopic (exact) mass is 461 g/mol. The number of halogens is 1. The summed E-state index contributed by atoms with van der Waals surface area (Å²) in [5, 5.41) is 12.9. The van der Waals surface area contributed by atoms with Gasteiger partial charge in [-0.3, -0.25) is 0 Å². The van der Waals surface area contributed by atoms with Gasteiger partial charge < -0.3 is 5.11 Å². The van der Waals surface area contributed by atoms with Crippen molar-refractivity contribution in [2.24, 2.45) is 16.2 Å². The van der Waals surface area contributed by atoms with E-state index in [0.717, 1.165) is 22.9 Å². The van der Waals surface area contributed by atoms with E-state index in [-0.39, 0.29) is 5.92 Å². The highest BCUT2D eigenvalue weighted by Crippen LogP contribution is 2.38. The van der Waals surface area contributed by atoms with Crippen LogP contribution >= 0.6 is 15.9 Å². The SMILES string of the molecule is CN=S(=O)(/C=C\[C@H](C1CCCCC1)[C@@H](O)c1ccc(Br)cc1)c1ccccc1. The second-order valence-corrected chi connectivity index (χ2v) is 10.5. The van der Waals surface area contributed by atoms with E-state index in [1.807, 2.05) is 60.7 Å². The van der Waals surface area contributed by atoms with Crippen molar-refractivity contribution in [1.82, 2.24) is 0 Å². The van der Waals surface area contributed by atoms with Gasteiger partial charge in [0.2, 0.25) is 0 Å². The van der Waals surface area contributed by atoms with E-state index in [1.165, 1.54) is 19.3 Å². The third-order valence-corrected chi connectivity index (χ3v) is 8.15. The molecular formula is C23H28BrNO2S. The predicted octanol–water partition coefficient (Wildman–Crippen LogP) is 6.35. The summed E-state index contributed by atoms with van der Waals surface area (Å²) in [4.78, 5) is 0.703. The number of hydrogen-bond donors (Lipinski definition) is 1. The second kappa shape index (κ2) is 9.86. The summed E-state index contributed by atoms with van der Waals surface area (Å²) in [6.45, 7) is 0. The lowest BCUT2D eigenvalue weighted by Crippen LogP contribution is -2.23. The van der Waals surface area contributed by atoms with Gasteiger partial charge in [-0.05, 0) is 48.6 Å². The lowest BCUT2D eigenvalue weighted by molar-refractivity contribution is 0.0849. The van der Waals surface area contributed by atoms with Crippen molar-refractivity contribution in [1.29, 1.82) is 0 Å². The summed E-state index contributed by atoms with van der Waals surface area (Å²) in [5.41, 5.74) is 0.892. The van der Waals surface area contributed by atoms with Gasteiger partial charge in [-0.15, -0.1) is 0 Å². The van der Waals surface area contributed by atoms with Crippen LogP contribution in [0.3, 0.4) is 0 Å². The zero-order valence-electron chi connectivity index (χ0n) is 16.2. The fraction of sp³-hybridized carbons (Fsp3) is 0.391. The zero-order chi connectivity index (χ0) is 20.0. The summed E-state index contributed by atoms with van der Waals surface area (Å²) in [6, 6.07) is 17.2. The fourth-order valence-electron chi connectivity index (χ4n) is 3.98. The van der Waals surface area contributed by atoms with Gasteiger partial charge in [-0.2, -0.15) is 0 Å². The van der Waals surface area contributed by atoms with Crippen LogP contribution in [0.4, 0.5) is 0 Å². The van der Waals surface area contributed by atoms with Crippen LogP contribution < -0.4 is 0 Å². The van der Waals surface area contributed by atoms with E-state index in [9.17, 15) is 9.32 Å². The highest BCUT2D eigenvalue weighted by Gasteiger charge is 2.29. The molecule has 2 aromatic carbocycles. The van der Waals surface area contributed by atoms with Gasteiger partial charge >= 0.3 is 0 Å². The van der Waals surface area contributed by atoms with E-state index in [4.69, 9.17) is 0 Å². The first kappa shape index (κ1) is 21.3. The molecule has 0 spiro atoms. The number of aliphatic hydroxyl groups is 1. The first-order valence-electron chi connectivity index (χ1n) is 9.85. The molecule has 1 fully saturated rings. The molecule has 1 aliphatic carbocycles. The second-order valence-electron chi connectivity index (χ2n) is 7.36. The van der Waals surface area contributed by atoms with Crippen LogP contribution in [0.1, 0.15) is 43.8 Å². The molecule has 3 nitrogen and oxygen atoms in total. The minimum absolute atomic E-state index is 0.0761. The van der Waals surface area contributed by atoms with Crippen LogP contribution in [0.2, 0.25) is 0 Å². The molecular weight excluding hydrogens is 434 g/mol. The van der Waals surface area contributed by atoms with Crippen LogP contribution in [-0.4, -0.2) is 16.4 Å². The topological polar surface area (TPSA) is 49.7 Å². The Kier molecular flexibility index (Phi) is 7.49. The molecule has 1 unspecified atom stereocenters. The molecule has 0 aromatic heterocycles. The molecule has 28 heavy (non-hydrogen) atoms. The smallest absolute Gasteiger partial charge is 0.0963 e. The first-order valence-corrected chi connectivity index (χ1v) is 12.2. The summed E-state index contributed by atoms with van der Waals surface area (Å²) >= 11 is 3.45. The Hall–Kier alpha value is -1.43. The molecule has 3 rings (SSSR count). The van der Waals surface area contributed by atoms with Gasteiger partial charge in [-0.1, -0.05) is 71.6 Å². The Morgan fingerprint density at radius 2 is 1.71 bits per heavy atom. The number of hydrogen-bond acceptors (Lipinski definition) is 3.